The number of anilines is 1. The zero-order valence-corrected chi connectivity index (χ0v) is 15.8. The summed E-state index contributed by atoms with van der Waals surface area (Å²) < 4.78 is 30.2. The molecule has 29 heavy (non-hydrogen) atoms. The molecular formula is C23H21F2N4+. The molecular weight excluding hydrogens is 370 g/mol. The number of benzene rings is 2. The number of halogens is 2. The molecule has 2 aromatic rings. The van der Waals surface area contributed by atoms with Gasteiger partial charge in [-0.3, -0.25) is 4.99 Å². The number of quaternary nitrogens is 1. The summed E-state index contributed by atoms with van der Waals surface area (Å²) in [5.74, 6) is -3.04. The Hall–Kier alpha value is -3.12. The van der Waals surface area contributed by atoms with Crippen molar-refractivity contribution in [3.8, 4) is 0 Å². The van der Waals surface area contributed by atoms with Crippen molar-refractivity contribution in [2.75, 3.05) is 5.01 Å². The summed E-state index contributed by atoms with van der Waals surface area (Å²) in [6.07, 6.45) is 12.5. The average molecular weight is 391 g/mol. The van der Waals surface area contributed by atoms with E-state index in [1.807, 2.05) is 12.5 Å². The number of hydrogen-bond donors (Lipinski definition) is 0. The van der Waals surface area contributed by atoms with Crippen molar-refractivity contribution in [3.63, 3.8) is 0 Å². The predicted molar refractivity (Wildman–Crippen MR) is 110 cm³/mol. The number of rotatable bonds is 5. The van der Waals surface area contributed by atoms with Gasteiger partial charge in [0.05, 0.1) is 30.3 Å². The van der Waals surface area contributed by atoms with Gasteiger partial charge in [0, 0.05) is 11.1 Å². The Bertz CT molecular complexity index is 1020. The Morgan fingerprint density at radius 1 is 0.931 bits per heavy atom. The van der Waals surface area contributed by atoms with Crippen molar-refractivity contribution in [2.24, 2.45) is 9.98 Å². The highest BCUT2D eigenvalue weighted by molar-refractivity contribution is 5.82. The molecule has 5 rings (SSSR count). The van der Waals surface area contributed by atoms with Gasteiger partial charge in [0.1, 0.15) is 0 Å². The number of aliphatic imine (C=N–C) groups is 2. The summed E-state index contributed by atoms with van der Waals surface area (Å²) >= 11 is 0. The SMILES string of the molecule is FC(F)(c1ccccc1)c1ccc(N(C2CCC2)[N+]23C=CN=CC2=CN=C3)cc1. The van der Waals surface area contributed by atoms with Crippen LogP contribution in [0.5, 0.6) is 0 Å². The molecule has 1 fully saturated rings. The van der Waals surface area contributed by atoms with E-state index in [1.165, 1.54) is 30.7 Å². The van der Waals surface area contributed by atoms with Crippen LogP contribution in [-0.4, -0.2) is 23.2 Å². The molecule has 1 saturated carbocycles. The van der Waals surface area contributed by atoms with E-state index in [2.05, 4.69) is 15.0 Å². The van der Waals surface area contributed by atoms with Crippen molar-refractivity contribution >= 4 is 18.2 Å². The van der Waals surface area contributed by atoms with Crippen LogP contribution in [-0.2, 0) is 5.92 Å². The van der Waals surface area contributed by atoms with Crippen molar-refractivity contribution < 1.29 is 13.4 Å². The number of hydrogen-bond acceptors (Lipinski definition) is 3. The summed E-state index contributed by atoms with van der Waals surface area (Å²) in [5, 5.41) is 2.25. The Balaban J connectivity index is 1.52. The average Bonchev–Trinajstić information content (AvgIpc) is 3.16. The lowest BCUT2D eigenvalue weighted by atomic mass is 9.91. The van der Waals surface area contributed by atoms with Crippen LogP contribution in [0, 0.1) is 0 Å². The Kier molecular flexibility index (Phi) is 4.17. The second-order valence-electron chi connectivity index (χ2n) is 7.55. The maximum absolute atomic E-state index is 14.9. The fraction of sp³-hybridized carbons (Fsp3) is 0.217. The van der Waals surface area contributed by atoms with E-state index >= 15 is 0 Å². The van der Waals surface area contributed by atoms with Crippen LogP contribution in [0.25, 0.3) is 0 Å². The van der Waals surface area contributed by atoms with Gasteiger partial charge in [0.15, 0.2) is 6.20 Å². The minimum absolute atomic E-state index is 0.00227. The van der Waals surface area contributed by atoms with E-state index in [0.717, 1.165) is 24.2 Å². The first-order valence-corrected chi connectivity index (χ1v) is 9.79. The summed E-state index contributed by atoms with van der Waals surface area (Å²) in [7, 11) is 0. The lowest BCUT2D eigenvalue weighted by Crippen LogP contribution is -2.61. The van der Waals surface area contributed by atoms with Gasteiger partial charge in [-0.2, -0.15) is 8.78 Å². The van der Waals surface area contributed by atoms with Gasteiger partial charge in [0.25, 0.3) is 5.92 Å². The van der Waals surface area contributed by atoms with Crippen LogP contribution in [0.15, 0.2) is 88.9 Å². The molecule has 0 amide bonds. The Morgan fingerprint density at radius 3 is 2.34 bits per heavy atom. The fourth-order valence-electron chi connectivity index (χ4n) is 4.07. The van der Waals surface area contributed by atoms with E-state index in [4.69, 9.17) is 0 Å². The molecule has 0 N–H and O–H groups in total. The molecule has 2 aliphatic heterocycles. The van der Waals surface area contributed by atoms with Crippen molar-refractivity contribution in [1.29, 1.82) is 0 Å². The van der Waals surface area contributed by atoms with E-state index in [1.54, 1.807) is 48.9 Å². The van der Waals surface area contributed by atoms with Crippen LogP contribution in [0.3, 0.4) is 0 Å². The second kappa shape index (κ2) is 6.74. The lowest BCUT2D eigenvalue weighted by Gasteiger charge is -2.46. The van der Waals surface area contributed by atoms with Gasteiger partial charge in [-0.1, -0.05) is 42.5 Å². The molecule has 0 aromatic heterocycles. The summed E-state index contributed by atoms with van der Waals surface area (Å²) in [6, 6.07) is 14.9. The standard InChI is InChI=1S/C23H21F2N4/c24-23(25,18-5-2-1-3-6-18)19-9-11-21(12-10-19)28(20-7-4-8-20)29-14-13-26-15-22(29)16-27-17-29/h1-3,5-6,9-17,20H,4,7-8H2/q+1. The molecule has 4 nitrogen and oxygen atoms in total. The largest absolute Gasteiger partial charge is 0.298 e. The molecule has 146 valence electrons. The topological polar surface area (TPSA) is 28.0 Å². The normalized spacial score (nSPS) is 22.9. The zero-order chi connectivity index (χ0) is 19.9. The first kappa shape index (κ1) is 17.9. The van der Waals surface area contributed by atoms with Crippen molar-refractivity contribution in [2.45, 2.75) is 31.2 Å². The third-order valence-corrected chi connectivity index (χ3v) is 5.86. The Labute approximate surface area is 168 Å². The molecule has 0 saturated heterocycles. The Morgan fingerprint density at radius 2 is 1.66 bits per heavy atom. The van der Waals surface area contributed by atoms with Gasteiger partial charge in [-0.15, -0.1) is 4.59 Å². The van der Waals surface area contributed by atoms with Crippen molar-refractivity contribution in [3.05, 3.63) is 90.0 Å². The first-order chi connectivity index (χ1) is 14.1. The van der Waals surface area contributed by atoms with Crippen LogP contribution >= 0.6 is 0 Å². The van der Waals surface area contributed by atoms with E-state index in [9.17, 15) is 8.78 Å². The van der Waals surface area contributed by atoms with Gasteiger partial charge in [-0.05, 0) is 31.4 Å². The molecule has 0 spiro atoms. The maximum atomic E-state index is 14.9. The van der Waals surface area contributed by atoms with Gasteiger partial charge in [-0.25, -0.2) is 10.0 Å². The number of nitrogens with zero attached hydrogens (tertiary/aromatic N) is 4. The van der Waals surface area contributed by atoms with E-state index < -0.39 is 5.92 Å². The molecule has 2 heterocycles. The van der Waals surface area contributed by atoms with Crippen LogP contribution in [0.4, 0.5) is 14.5 Å². The maximum Gasteiger partial charge on any atom is 0.298 e. The molecule has 3 aliphatic rings. The van der Waals surface area contributed by atoms with Crippen LogP contribution < -0.4 is 5.01 Å². The van der Waals surface area contributed by atoms with Crippen LogP contribution in [0.2, 0.25) is 0 Å². The van der Waals surface area contributed by atoms with Crippen molar-refractivity contribution in [1.82, 2.24) is 0 Å². The molecule has 1 atom stereocenters. The summed E-state index contributed by atoms with van der Waals surface area (Å²) in [6.45, 7) is 0. The predicted octanol–water partition coefficient (Wildman–Crippen LogP) is 5.36. The molecule has 0 radical (unpaired) electrons. The van der Waals surface area contributed by atoms with Gasteiger partial charge >= 0.3 is 0 Å². The third kappa shape index (κ3) is 2.83. The smallest absolute Gasteiger partial charge is 0.253 e. The number of fused-ring (bicyclic) bond motifs is 1. The summed E-state index contributed by atoms with van der Waals surface area (Å²) in [5.41, 5.74) is 1.82. The molecule has 1 unspecified atom stereocenters. The lowest BCUT2D eigenvalue weighted by molar-refractivity contribution is -0.746. The summed E-state index contributed by atoms with van der Waals surface area (Å²) in [4.78, 5) is 8.59. The molecule has 6 heteroatoms. The molecule has 2 aromatic carbocycles. The second-order valence-corrected chi connectivity index (χ2v) is 7.55. The highest BCUT2D eigenvalue weighted by Crippen LogP contribution is 2.41. The van der Waals surface area contributed by atoms with Crippen LogP contribution in [0.1, 0.15) is 30.4 Å². The molecule has 0 bridgehead atoms. The zero-order valence-electron chi connectivity index (χ0n) is 15.8. The van der Waals surface area contributed by atoms with Gasteiger partial charge in [0.2, 0.25) is 12.0 Å². The quantitative estimate of drug-likeness (QED) is 0.631. The number of alkyl halides is 2. The first-order valence-electron chi connectivity index (χ1n) is 9.79. The highest BCUT2D eigenvalue weighted by Gasteiger charge is 2.46. The van der Waals surface area contributed by atoms with E-state index in [0.29, 0.717) is 10.6 Å². The third-order valence-electron chi connectivity index (χ3n) is 5.86. The minimum atomic E-state index is -3.04. The fourth-order valence-corrected chi connectivity index (χ4v) is 4.07. The van der Waals surface area contributed by atoms with Gasteiger partial charge < -0.3 is 0 Å². The number of allylic oxidation sites excluding steroid dienone is 1. The van der Waals surface area contributed by atoms with E-state index in [-0.39, 0.29) is 11.1 Å². The highest BCUT2D eigenvalue weighted by atomic mass is 19.3. The molecule has 1 aliphatic carbocycles. The minimum Gasteiger partial charge on any atom is -0.253 e. The monoisotopic (exact) mass is 391 g/mol.